The second-order valence-electron chi connectivity index (χ2n) is 6.30. The molecule has 0 bridgehead atoms. The average Bonchev–Trinajstić information content (AvgIpc) is 3.20. The number of anilines is 1. The minimum Gasteiger partial charge on any atom is -0.444 e. The normalized spacial score (nSPS) is 10.6. The van der Waals surface area contributed by atoms with Crippen LogP contribution in [0, 0.1) is 6.92 Å². The Morgan fingerprint density at radius 2 is 1.67 bits per heavy atom. The fourth-order valence-electron chi connectivity index (χ4n) is 2.79. The molecule has 0 aliphatic carbocycles. The standard InChI is InChI=1S/C23H18N2O2/c1-16-10-12-17(13-11-16)21-15-27-23(25-21)19-8-5-9-20(14-19)24-22(26)18-6-3-2-4-7-18/h2-15H,1H3,(H,24,26). The third-order valence-electron chi connectivity index (χ3n) is 4.25. The maximum Gasteiger partial charge on any atom is 0.255 e. The molecule has 1 N–H and O–H groups in total. The van der Waals surface area contributed by atoms with Gasteiger partial charge < -0.3 is 9.73 Å². The van der Waals surface area contributed by atoms with Crippen molar-refractivity contribution >= 4 is 11.6 Å². The van der Waals surface area contributed by atoms with Gasteiger partial charge in [-0.3, -0.25) is 4.79 Å². The Morgan fingerprint density at radius 3 is 2.44 bits per heavy atom. The highest BCUT2D eigenvalue weighted by Gasteiger charge is 2.10. The van der Waals surface area contributed by atoms with Gasteiger partial charge in [-0.05, 0) is 37.3 Å². The molecule has 1 heterocycles. The van der Waals surface area contributed by atoms with Crippen molar-refractivity contribution in [2.45, 2.75) is 6.92 Å². The summed E-state index contributed by atoms with van der Waals surface area (Å²) in [4.78, 5) is 16.9. The fraction of sp³-hybridized carbons (Fsp3) is 0.0435. The lowest BCUT2D eigenvalue weighted by atomic mass is 10.1. The molecule has 0 unspecified atom stereocenters. The zero-order chi connectivity index (χ0) is 18.6. The molecule has 0 radical (unpaired) electrons. The first-order chi connectivity index (χ1) is 13.2. The van der Waals surface area contributed by atoms with Crippen LogP contribution in [0.2, 0.25) is 0 Å². The van der Waals surface area contributed by atoms with Crippen molar-refractivity contribution in [1.29, 1.82) is 0 Å². The Kier molecular flexibility index (Phi) is 4.54. The van der Waals surface area contributed by atoms with Gasteiger partial charge >= 0.3 is 0 Å². The molecule has 4 aromatic rings. The molecule has 0 spiro atoms. The number of carbonyl (C=O) groups excluding carboxylic acids is 1. The van der Waals surface area contributed by atoms with Gasteiger partial charge in [0.2, 0.25) is 5.89 Å². The molecule has 0 aliphatic heterocycles. The van der Waals surface area contributed by atoms with Gasteiger partial charge in [0.25, 0.3) is 5.91 Å². The van der Waals surface area contributed by atoms with Crippen LogP contribution in [0.5, 0.6) is 0 Å². The SMILES string of the molecule is Cc1ccc(-c2coc(-c3cccc(NC(=O)c4ccccc4)c3)n2)cc1. The van der Waals surface area contributed by atoms with E-state index in [1.54, 1.807) is 18.4 Å². The number of nitrogens with zero attached hydrogens (tertiary/aromatic N) is 1. The Labute approximate surface area is 157 Å². The summed E-state index contributed by atoms with van der Waals surface area (Å²) in [5, 5.41) is 2.90. The zero-order valence-corrected chi connectivity index (χ0v) is 14.8. The van der Waals surface area contributed by atoms with Crippen molar-refractivity contribution < 1.29 is 9.21 Å². The number of amides is 1. The van der Waals surface area contributed by atoms with Gasteiger partial charge in [-0.25, -0.2) is 4.98 Å². The number of benzene rings is 3. The van der Waals surface area contributed by atoms with Crippen LogP contribution in [-0.4, -0.2) is 10.9 Å². The first-order valence-electron chi connectivity index (χ1n) is 8.68. The Hall–Kier alpha value is -3.66. The third-order valence-corrected chi connectivity index (χ3v) is 4.25. The fourth-order valence-corrected chi connectivity index (χ4v) is 2.79. The van der Waals surface area contributed by atoms with E-state index in [0.717, 1.165) is 16.8 Å². The molecule has 132 valence electrons. The number of aryl methyl sites for hydroxylation is 1. The minimum absolute atomic E-state index is 0.152. The van der Waals surface area contributed by atoms with Crippen molar-refractivity contribution in [3.05, 3.63) is 96.3 Å². The molecule has 4 heteroatoms. The number of hydrogen-bond donors (Lipinski definition) is 1. The largest absolute Gasteiger partial charge is 0.444 e. The van der Waals surface area contributed by atoms with Gasteiger partial charge in [0.1, 0.15) is 12.0 Å². The van der Waals surface area contributed by atoms with E-state index < -0.39 is 0 Å². The molecule has 0 aliphatic rings. The van der Waals surface area contributed by atoms with E-state index >= 15 is 0 Å². The summed E-state index contributed by atoms with van der Waals surface area (Å²) >= 11 is 0. The second-order valence-corrected chi connectivity index (χ2v) is 6.30. The highest BCUT2D eigenvalue weighted by atomic mass is 16.3. The van der Waals surface area contributed by atoms with Crippen molar-refractivity contribution in [1.82, 2.24) is 4.98 Å². The summed E-state index contributed by atoms with van der Waals surface area (Å²) in [6.07, 6.45) is 1.65. The first-order valence-corrected chi connectivity index (χ1v) is 8.68. The Morgan fingerprint density at radius 1 is 0.889 bits per heavy atom. The molecule has 27 heavy (non-hydrogen) atoms. The lowest BCUT2D eigenvalue weighted by molar-refractivity contribution is 0.102. The van der Waals surface area contributed by atoms with Crippen LogP contribution in [0.25, 0.3) is 22.7 Å². The van der Waals surface area contributed by atoms with Gasteiger partial charge in [-0.2, -0.15) is 0 Å². The minimum atomic E-state index is -0.152. The zero-order valence-electron chi connectivity index (χ0n) is 14.8. The Balaban J connectivity index is 1.56. The number of oxazole rings is 1. The molecule has 4 nitrogen and oxygen atoms in total. The number of rotatable bonds is 4. The quantitative estimate of drug-likeness (QED) is 0.521. The molecule has 4 rings (SSSR count). The first kappa shape index (κ1) is 16.8. The molecular formula is C23H18N2O2. The molecular weight excluding hydrogens is 336 g/mol. The van der Waals surface area contributed by atoms with E-state index in [9.17, 15) is 4.79 Å². The van der Waals surface area contributed by atoms with E-state index in [1.165, 1.54) is 5.56 Å². The molecule has 0 atom stereocenters. The van der Waals surface area contributed by atoms with Crippen LogP contribution in [-0.2, 0) is 0 Å². The summed E-state index contributed by atoms with van der Waals surface area (Å²) in [5.41, 5.74) is 5.09. The summed E-state index contributed by atoms with van der Waals surface area (Å²) < 4.78 is 5.66. The number of aromatic nitrogens is 1. The maximum absolute atomic E-state index is 12.3. The van der Waals surface area contributed by atoms with Crippen LogP contribution in [0.3, 0.4) is 0 Å². The van der Waals surface area contributed by atoms with Crippen molar-refractivity contribution in [3.63, 3.8) is 0 Å². The van der Waals surface area contributed by atoms with E-state index in [1.807, 2.05) is 73.7 Å². The van der Waals surface area contributed by atoms with E-state index in [-0.39, 0.29) is 5.91 Å². The molecule has 1 aromatic heterocycles. The second kappa shape index (κ2) is 7.30. The summed E-state index contributed by atoms with van der Waals surface area (Å²) in [6.45, 7) is 2.05. The monoisotopic (exact) mass is 354 g/mol. The third kappa shape index (κ3) is 3.80. The smallest absolute Gasteiger partial charge is 0.255 e. The Bertz CT molecular complexity index is 1070. The molecule has 0 fully saturated rings. The van der Waals surface area contributed by atoms with E-state index in [4.69, 9.17) is 4.42 Å². The predicted molar refractivity (Wildman–Crippen MR) is 107 cm³/mol. The predicted octanol–water partition coefficient (Wildman–Crippen LogP) is 5.57. The number of hydrogen-bond acceptors (Lipinski definition) is 3. The maximum atomic E-state index is 12.3. The number of carbonyl (C=O) groups is 1. The molecule has 3 aromatic carbocycles. The lowest BCUT2D eigenvalue weighted by Gasteiger charge is -2.06. The van der Waals surface area contributed by atoms with Gasteiger partial charge in [-0.15, -0.1) is 0 Å². The highest BCUT2D eigenvalue weighted by molar-refractivity contribution is 6.04. The average molecular weight is 354 g/mol. The molecule has 1 amide bonds. The van der Waals surface area contributed by atoms with Crippen molar-refractivity contribution in [3.8, 4) is 22.7 Å². The van der Waals surface area contributed by atoms with Crippen LogP contribution < -0.4 is 5.32 Å². The summed E-state index contributed by atoms with van der Waals surface area (Å²) in [6, 6.07) is 24.7. The van der Waals surface area contributed by atoms with Crippen LogP contribution >= 0.6 is 0 Å². The van der Waals surface area contributed by atoms with Crippen molar-refractivity contribution in [2.24, 2.45) is 0 Å². The molecule has 0 saturated heterocycles. The summed E-state index contributed by atoms with van der Waals surface area (Å²) in [5.74, 6) is 0.363. The van der Waals surface area contributed by atoms with E-state index in [2.05, 4.69) is 10.3 Å². The summed E-state index contributed by atoms with van der Waals surface area (Å²) in [7, 11) is 0. The van der Waals surface area contributed by atoms with Crippen LogP contribution in [0.1, 0.15) is 15.9 Å². The van der Waals surface area contributed by atoms with Gasteiger partial charge in [0.05, 0.1) is 0 Å². The van der Waals surface area contributed by atoms with Crippen molar-refractivity contribution in [2.75, 3.05) is 5.32 Å². The van der Waals surface area contributed by atoms with E-state index in [0.29, 0.717) is 17.1 Å². The molecule has 0 saturated carbocycles. The van der Waals surface area contributed by atoms with Gasteiger partial charge in [0.15, 0.2) is 0 Å². The van der Waals surface area contributed by atoms with Crippen LogP contribution in [0.15, 0.2) is 89.5 Å². The van der Waals surface area contributed by atoms with Gasteiger partial charge in [0, 0.05) is 22.4 Å². The lowest BCUT2D eigenvalue weighted by Crippen LogP contribution is -2.11. The van der Waals surface area contributed by atoms with Gasteiger partial charge in [-0.1, -0.05) is 54.1 Å². The number of nitrogens with one attached hydrogen (secondary N) is 1. The highest BCUT2D eigenvalue weighted by Crippen LogP contribution is 2.26. The van der Waals surface area contributed by atoms with Crippen LogP contribution in [0.4, 0.5) is 5.69 Å². The topological polar surface area (TPSA) is 55.1 Å².